The van der Waals surface area contributed by atoms with E-state index < -0.39 is 21.2 Å². The highest BCUT2D eigenvalue weighted by molar-refractivity contribution is 7.95. The molecule has 1 saturated carbocycles. The van der Waals surface area contributed by atoms with Gasteiger partial charge in [-0.25, -0.2) is 22.5 Å². The molecule has 2 fully saturated rings. The van der Waals surface area contributed by atoms with E-state index in [1.807, 2.05) is 49.9 Å². The molecular formula is C28H38N6O4S. The van der Waals surface area contributed by atoms with Gasteiger partial charge in [-0.05, 0) is 77.8 Å². The third-order valence-electron chi connectivity index (χ3n) is 7.36. The lowest BCUT2D eigenvalue weighted by molar-refractivity contribution is 0.000374. The van der Waals surface area contributed by atoms with Crippen molar-refractivity contribution in [3.8, 4) is 0 Å². The van der Waals surface area contributed by atoms with Gasteiger partial charge in [0.25, 0.3) is 10.0 Å². The number of carbonyl (C=O) groups excluding carboxylic acids is 1. The number of ether oxygens (including phenoxy) is 1. The summed E-state index contributed by atoms with van der Waals surface area (Å²) in [7, 11) is -3.56. The van der Waals surface area contributed by atoms with Crippen LogP contribution in [0, 0.1) is 0 Å². The molecule has 1 aromatic heterocycles. The number of amides is 1. The van der Waals surface area contributed by atoms with E-state index in [0.717, 1.165) is 37.1 Å². The second-order valence-electron chi connectivity index (χ2n) is 12.1. The molecule has 2 aromatic rings. The van der Waals surface area contributed by atoms with Crippen molar-refractivity contribution in [2.75, 3.05) is 34.2 Å². The van der Waals surface area contributed by atoms with Crippen molar-refractivity contribution in [2.24, 2.45) is 0 Å². The zero-order valence-electron chi connectivity index (χ0n) is 23.3. The third-order valence-corrected chi connectivity index (χ3v) is 8.86. The SMILES string of the molecule is CC(C)(C)OC(=O)N1CCN(c2ccc(Nc3ncc4c(n3)N(C3CCCC3)S(=O)(=O)C=C4)cc2)CC1(C)C. The highest BCUT2D eigenvalue weighted by atomic mass is 32.2. The molecule has 1 amide bonds. The monoisotopic (exact) mass is 554 g/mol. The Morgan fingerprint density at radius 2 is 1.79 bits per heavy atom. The van der Waals surface area contributed by atoms with Gasteiger partial charge in [-0.1, -0.05) is 12.8 Å². The lowest BCUT2D eigenvalue weighted by Gasteiger charge is -2.47. The first-order valence-electron chi connectivity index (χ1n) is 13.5. The second-order valence-corrected chi connectivity index (χ2v) is 13.8. The molecular weight excluding hydrogens is 516 g/mol. The number of sulfonamides is 1. The topological polar surface area (TPSA) is 108 Å². The van der Waals surface area contributed by atoms with E-state index in [2.05, 4.69) is 34.0 Å². The summed E-state index contributed by atoms with van der Waals surface area (Å²) in [6, 6.07) is 7.89. The normalized spacial score (nSPS) is 20.6. The predicted molar refractivity (Wildman–Crippen MR) is 154 cm³/mol. The Kier molecular flexibility index (Phi) is 6.98. The number of nitrogens with one attached hydrogen (secondary N) is 1. The number of carbonyl (C=O) groups is 1. The number of hydrogen-bond acceptors (Lipinski definition) is 8. The van der Waals surface area contributed by atoms with E-state index in [0.29, 0.717) is 37.0 Å². The Bertz CT molecular complexity index is 1360. The molecule has 0 unspecified atom stereocenters. The van der Waals surface area contributed by atoms with E-state index in [-0.39, 0.29) is 12.1 Å². The minimum atomic E-state index is -3.56. The number of nitrogens with zero attached hydrogens (tertiary/aromatic N) is 5. The first kappa shape index (κ1) is 27.2. The average Bonchev–Trinajstić information content (AvgIpc) is 3.36. The summed E-state index contributed by atoms with van der Waals surface area (Å²) < 4.78 is 32.8. The van der Waals surface area contributed by atoms with Crippen molar-refractivity contribution in [2.45, 2.75) is 77.5 Å². The molecule has 1 saturated heterocycles. The molecule has 210 valence electrons. The molecule has 3 heterocycles. The van der Waals surface area contributed by atoms with Crippen LogP contribution in [-0.4, -0.2) is 66.2 Å². The zero-order valence-corrected chi connectivity index (χ0v) is 24.2. The molecule has 0 atom stereocenters. The second kappa shape index (κ2) is 10.0. The Morgan fingerprint density at radius 1 is 1.10 bits per heavy atom. The Morgan fingerprint density at radius 3 is 2.44 bits per heavy atom. The quantitative estimate of drug-likeness (QED) is 0.555. The molecule has 1 N–H and O–H groups in total. The van der Waals surface area contributed by atoms with Crippen molar-refractivity contribution < 1.29 is 17.9 Å². The van der Waals surface area contributed by atoms with E-state index in [1.54, 1.807) is 12.3 Å². The summed E-state index contributed by atoms with van der Waals surface area (Å²) in [5, 5.41) is 4.47. The molecule has 0 bridgehead atoms. The van der Waals surface area contributed by atoms with E-state index in [4.69, 9.17) is 4.74 Å². The number of aromatic nitrogens is 2. The number of benzene rings is 1. The number of fused-ring (bicyclic) bond motifs is 1. The summed E-state index contributed by atoms with van der Waals surface area (Å²) >= 11 is 0. The smallest absolute Gasteiger partial charge is 0.410 e. The molecule has 1 aromatic carbocycles. The van der Waals surface area contributed by atoms with Gasteiger partial charge < -0.3 is 15.0 Å². The molecule has 2 aliphatic heterocycles. The fourth-order valence-electron chi connectivity index (χ4n) is 5.52. The first-order valence-corrected chi connectivity index (χ1v) is 15.0. The Balaban J connectivity index is 1.28. The van der Waals surface area contributed by atoms with Crippen LogP contribution in [0.2, 0.25) is 0 Å². The van der Waals surface area contributed by atoms with Crippen molar-refractivity contribution in [3.05, 3.63) is 41.4 Å². The van der Waals surface area contributed by atoms with Crippen molar-refractivity contribution in [1.29, 1.82) is 0 Å². The highest BCUT2D eigenvalue weighted by Crippen LogP contribution is 2.36. The van der Waals surface area contributed by atoms with Crippen LogP contribution in [0.15, 0.2) is 35.9 Å². The van der Waals surface area contributed by atoms with Crippen LogP contribution in [0.3, 0.4) is 0 Å². The summed E-state index contributed by atoms with van der Waals surface area (Å²) in [6.45, 7) is 11.7. The molecule has 39 heavy (non-hydrogen) atoms. The summed E-state index contributed by atoms with van der Waals surface area (Å²) in [4.78, 5) is 25.9. The maximum Gasteiger partial charge on any atom is 0.410 e. The van der Waals surface area contributed by atoms with Gasteiger partial charge >= 0.3 is 6.09 Å². The largest absolute Gasteiger partial charge is 0.444 e. The van der Waals surface area contributed by atoms with Gasteiger partial charge in [0.1, 0.15) is 5.60 Å². The van der Waals surface area contributed by atoms with Gasteiger partial charge in [-0.3, -0.25) is 4.90 Å². The molecule has 3 aliphatic rings. The summed E-state index contributed by atoms with van der Waals surface area (Å²) in [6.07, 6.45) is 6.66. The zero-order chi connectivity index (χ0) is 28.0. The van der Waals surface area contributed by atoms with E-state index in [1.165, 1.54) is 9.71 Å². The van der Waals surface area contributed by atoms with Crippen LogP contribution in [0.1, 0.15) is 65.9 Å². The third kappa shape index (κ3) is 5.83. The van der Waals surface area contributed by atoms with Gasteiger partial charge in [-0.15, -0.1) is 0 Å². The maximum absolute atomic E-state index is 12.9. The van der Waals surface area contributed by atoms with Crippen LogP contribution >= 0.6 is 0 Å². The maximum atomic E-state index is 12.9. The van der Waals surface area contributed by atoms with Crippen molar-refractivity contribution >= 4 is 45.3 Å². The number of piperazine rings is 1. The highest BCUT2D eigenvalue weighted by Gasteiger charge is 2.39. The summed E-state index contributed by atoms with van der Waals surface area (Å²) in [5.41, 5.74) is 1.62. The van der Waals surface area contributed by atoms with Crippen LogP contribution in [0.25, 0.3) is 6.08 Å². The minimum Gasteiger partial charge on any atom is -0.444 e. The van der Waals surface area contributed by atoms with Gasteiger partial charge in [0.2, 0.25) is 5.95 Å². The average molecular weight is 555 g/mol. The lowest BCUT2D eigenvalue weighted by Crippen LogP contribution is -2.61. The number of hydrogen-bond donors (Lipinski definition) is 1. The van der Waals surface area contributed by atoms with Crippen LogP contribution in [0.4, 0.5) is 27.9 Å². The van der Waals surface area contributed by atoms with Crippen LogP contribution in [-0.2, 0) is 14.8 Å². The molecule has 0 spiro atoms. The fraction of sp³-hybridized carbons (Fsp3) is 0.536. The predicted octanol–water partition coefficient (Wildman–Crippen LogP) is 5.12. The van der Waals surface area contributed by atoms with Crippen molar-refractivity contribution in [3.63, 3.8) is 0 Å². The Labute approximate surface area is 231 Å². The van der Waals surface area contributed by atoms with Gasteiger partial charge in [0, 0.05) is 48.8 Å². The standard InChI is InChI=1S/C28H38N6O4S/c1-27(2,3)38-26(35)33-16-15-32(19-28(33,4)5)22-12-10-21(11-13-22)30-25-29-18-20-14-17-39(36,37)34(24(20)31-25)23-8-6-7-9-23/h10-14,17-18,23H,6-9,15-16,19H2,1-5H3,(H,29,30,31). The molecule has 10 nitrogen and oxygen atoms in total. The Hall–Kier alpha value is -3.34. The van der Waals surface area contributed by atoms with Gasteiger partial charge in [0.15, 0.2) is 5.82 Å². The number of rotatable bonds is 4. The summed E-state index contributed by atoms with van der Waals surface area (Å²) in [5.74, 6) is 0.783. The molecule has 0 radical (unpaired) electrons. The van der Waals surface area contributed by atoms with E-state index in [9.17, 15) is 13.2 Å². The van der Waals surface area contributed by atoms with Gasteiger partial charge in [-0.2, -0.15) is 4.98 Å². The first-order chi connectivity index (χ1) is 18.3. The van der Waals surface area contributed by atoms with Crippen LogP contribution < -0.4 is 14.5 Å². The molecule has 1 aliphatic carbocycles. The van der Waals surface area contributed by atoms with Gasteiger partial charge in [0.05, 0.1) is 10.9 Å². The number of anilines is 4. The van der Waals surface area contributed by atoms with E-state index >= 15 is 0 Å². The molecule has 11 heteroatoms. The van der Waals surface area contributed by atoms with Crippen LogP contribution in [0.5, 0.6) is 0 Å². The lowest BCUT2D eigenvalue weighted by atomic mass is 9.98. The minimum absolute atomic E-state index is 0.0687. The molecule has 5 rings (SSSR count). The van der Waals surface area contributed by atoms with Crippen molar-refractivity contribution in [1.82, 2.24) is 14.9 Å². The fourth-order valence-corrected chi connectivity index (χ4v) is 6.98.